The highest BCUT2D eigenvalue weighted by Gasteiger charge is 2.16. The first-order chi connectivity index (χ1) is 6.25. The zero-order valence-electron chi connectivity index (χ0n) is 8.09. The molecule has 13 heavy (non-hydrogen) atoms. The summed E-state index contributed by atoms with van der Waals surface area (Å²) in [4.78, 5) is 4.32. The van der Waals surface area contributed by atoms with Crippen molar-refractivity contribution in [3.63, 3.8) is 0 Å². The van der Waals surface area contributed by atoms with Gasteiger partial charge in [-0.15, -0.1) is 0 Å². The lowest BCUT2D eigenvalue weighted by Gasteiger charge is -2.28. The fourth-order valence-electron chi connectivity index (χ4n) is 1.30. The third-order valence-electron chi connectivity index (χ3n) is 2.51. The van der Waals surface area contributed by atoms with Gasteiger partial charge in [0.2, 0.25) is 0 Å². The molecule has 70 valence electrons. The molecule has 1 aromatic heterocycles. The molecule has 1 aliphatic rings. The van der Waals surface area contributed by atoms with Gasteiger partial charge in [-0.1, -0.05) is 0 Å². The van der Waals surface area contributed by atoms with Crippen molar-refractivity contribution in [3.05, 3.63) is 23.4 Å². The van der Waals surface area contributed by atoms with E-state index in [2.05, 4.69) is 35.5 Å². The largest absolute Gasteiger partial charge is 0.365 e. The highest BCUT2D eigenvalue weighted by Crippen LogP contribution is 2.12. The van der Waals surface area contributed by atoms with E-state index in [1.165, 1.54) is 11.1 Å². The number of aromatic nitrogens is 1. The monoisotopic (exact) mass is 177 g/mol. The van der Waals surface area contributed by atoms with Crippen LogP contribution in [0.3, 0.4) is 0 Å². The van der Waals surface area contributed by atoms with E-state index < -0.39 is 0 Å². The van der Waals surface area contributed by atoms with Gasteiger partial charge in [0.25, 0.3) is 0 Å². The van der Waals surface area contributed by atoms with Crippen LogP contribution in [0.25, 0.3) is 0 Å². The van der Waals surface area contributed by atoms with Gasteiger partial charge in [0.05, 0.1) is 6.04 Å². The lowest BCUT2D eigenvalue weighted by Crippen LogP contribution is -2.51. The number of rotatable bonds is 2. The smallest absolute Gasteiger partial charge is 0.126 e. The lowest BCUT2D eigenvalue weighted by atomic mass is 10.1. The van der Waals surface area contributed by atoms with Crippen molar-refractivity contribution in [3.8, 4) is 0 Å². The number of anilines is 1. The van der Waals surface area contributed by atoms with E-state index in [0.29, 0.717) is 6.04 Å². The molecule has 3 heteroatoms. The van der Waals surface area contributed by atoms with Crippen molar-refractivity contribution < 1.29 is 0 Å². The van der Waals surface area contributed by atoms with E-state index in [-0.39, 0.29) is 0 Å². The molecule has 1 aromatic rings. The first kappa shape index (κ1) is 8.51. The molecule has 0 aliphatic carbocycles. The van der Waals surface area contributed by atoms with Gasteiger partial charge in [-0.25, -0.2) is 4.98 Å². The van der Waals surface area contributed by atoms with Crippen LogP contribution in [0.5, 0.6) is 0 Å². The molecule has 0 bridgehead atoms. The minimum absolute atomic E-state index is 0.564. The molecular weight excluding hydrogens is 162 g/mol. The molecule has 0 aromatic carbocycles. The van der Waals surface area contributed by atoms with Crippen molar-refractivity contribution in [1.29, 1.82) is 0 Å². The summed E-state index contributed by atoms with van der Waals surface area (Å²) >= 11 is 0. The molecule has 1 saturated heterocycles. The van der Waals surface area contributed by atoms with E-state index in [4.69, 9.17) is 0 Å². The van der Waals surface area contributed by atoms with E-state index in [9.17, 15) is 0 Å². The van der Waals surface area contributed by atoms with Crippen LogP contribution in [0.15, 0.2) is 12.3 Å². The van der Waals surface area contributed by atoms with E-state index in [1.807, 2.05) is 6.20 Å². The summed E-state index contributed by atoms with van der Waals surface area (Å²) in [5.74, 6) is 0.995. The fraction of sp³-hybridized carbons (Fsp3) is 0.500. The van der Waals surface area contributed by atoms with Gasteiger partial charge in [0.1, 0.15) is 5.82 Å². The molecule has 0 amide bonds. The Morgan fingerprint density at radius 3 is 2.69 bits per heavy atom. The van der Waals surface area contributed by atoms with Crippen LogP contribution in [-0.2, 0) is 0 Å². The Hall–Kier alpha value is -1.09. The van der Waals surface area contributed by atoms with Crippen LogP contribution in [0.4, 0.5) is 5.82 Å². The molecule has 3 nitrogen and oxygen atoms in total. The Balaban J connectivity index is 2.07. The second-order valence-electron chi connectivity index (χ2n) is 3.65. The summed E-state index contributed by atoms with van der Waals surface area (Å²) in [5.41, 5.74) is 2.54. The van der Waals surface area contributed by atoms with Crippen LogP contribution < -0.4 is 10.6 Å². The Labute approximate surface area is 78.6 Å². The maximum absolute atomic E-state index is 4.32. The zero-order valence-corrected chi connectivity index (χ0v) is 8.09. The van der Waals surface area contributed by atoms with E-state index >= 15 is 0 Å². The quantitative estimate of drug-likeness (QED) is 0.710. The van der Waals surface area contributed by atoms with Crippen LogP contribution in [0.2, 0.25) is 0 Å². The van der Waals surface area contributed by atoms with E-state index in [1.54, 1.807) is 0 Å². The summed E-state index contributed by atoms with van der Waals surface area (Å²) in [6.45, 7) is 6.29. The van der Waals surface area contributed by atoms with Crippen molar-refractivity contribution in [2.24, 2.45) is 0 Å². The standard InChI is InChI=1S/C10H15N3/c1-7-3-10(12-4-8(7)2)13-9-5-11-6-9/h3-4,9,11H,5-6H2,1-2H3,(H,12,13). The summed E-state index contributed by atoms with van der Waals surface area (Å²) in [6.07, 6.45) is 1.92. The minimum atomic E-state index is 0.564. The lowest BCUT2D eigenvalue weighted by molar-refractivity contribution is 0.471. The molecule has 1 fully saturated rings. The fourth-order valence-corrected chi connectivity index (χ4v) is 1.30. The molecule has 0 atom stereocenters. The second kappa shape index (κ2) is 3.34. The number of aryl methyl sites for hydroxylation is 2. The molecule has 2 heterocycles. The molecule has 1 aliphatic heterocycles. The number of hydrogen-bond acceptors (Lipinski definition) is 3. The second-order valence-corrected chi connectivity index (χ2v) is 3.65. The number of nitrogens with one attached hydrogen (secondary N) is 2. The first-order valence-corrected chi connectivity index (χ1v) is 4.66. The zero-order chi connectivity index (χ0) is 9.26. The third kappa shape index (κ3) is 1.80. The highest BCUT2D eigenvalue weighted by molar-refractivity contribution is 5.41. The normalized spacial score (nSPS) is 16.8. The van der Waals surface area contributed by atoms with Gasteiger partial charge in [-0.2, -0.15) is 0 Å². The van der Waals surface area contributed by atoms with Crippen molar-refractivity contribution in [2.45, 2.75) is 19.9 Å². The third-order valence-corrected chi connectivity index (χ3v) is 2.51. The van der Waals surface area contributed by atoms with Crippen LogP contribution in [0, 0.1) is 13.8 Å². The van der Waals surface area contributed by atoms with Gasteiger partial charge in [-0.3, -0.25) is 0 Å². The summed E-state index contributed by atoms with van der Waals surface area (Å²) < 4.78 is 0. The van der Waals surface area contributed by atoms with Crippen LogP contribution in [-0.4, -0.2) is 24.1 Å². The molecule has 0 radical (unpaired) electrons. The van der Waals surface area contributed by atoms with Gasteiger partial charge in [0, 0.05) is 19.3 Å². The minimum Gasteiger partial charge on any atom is -0.365 e. The topological polar surface area (TPSA) is 37.0 Å². The maximum atomic E-state index is 4.32. The van der Waals surface area contributed by atoms with Gasteiger partial charge >= 0.3 is 0 Å². The molecule has 0 saturated carbocycles. The van der Waals surface area contributed by atoms with Crippen molar-refractivity contribution in [2.75, 3.05) is 18.4 Å². The molecule has 0 unspecified atom stereocenters. The molecule has 2 N–H and O–H groups in total. The average molecular weight is 177 g/mol. The summed E-state index contributed by atoms with van der Waals surface area (Å²) in [7, 11) is 0. The molecular formula is C10H15N3. The Morgan fingerprint density at radius 1 is 1.38 bits per heavy atom. The van der Waals surface area contributed by atoms with Crippen molar-refractivity contribution >= 4 is 5.82 Å². The molecule has 2 rings (SSSR count). The Morgan fingerprint density at radius 2 is 2.15 bits per heavy atom. The van der Waals surface area contributed by atoms with Gasteiger partial charge in [-0.05, 0) is 31.0 Å². The maximum Gasteiger partial charge on any atom is 0.126 e. The molecule has 0 spiro atoms. The van der Waals surface area contributed by atoms with Crippen LogP contribution >= 0.6 is 0 Å². The number of nitrogens with zero attached hydrogens (tertiary/aromatic N) is 1. The SMILES string of the molecule is Cc1cnc(NC2CNC2)cc1C. The highest BCUT2D eigenvalue weighted by atomic mass is 15.1. The number of pyridine rings is 1. The van der Waals surface area contributed by atoms with Crippen LogP contribution in [0.1, 0.15) is 11.1 Å². The Bertz CT molecular complexity index is 305. The number of hydrogen-bond donors (Lipinski definition) is 2. The van der Waals surface area contributed by atoms with Gasteiger partial charge < -0.3 is 10.6 Å². The average Bonchev–Trinajstić information content (AvgIpc) is 2.04. The van der Waals surface area contributed by atoms with Crippen molar-refractivity contribution in [1.82, 2.24) is 10.3 Å². The first-order valence-electron chi connectivity index (χ1n) is 4.66. The van der Waals surface area contributed by atoms with E-state index in [0.717, 1.165) is 18.9 Å². The Kier molecular flexibility index (Phi) is 2.19. The predicted octanol–water partition coefficient (Wildman–Crippen LogP) is 1.08. The summed E-state index contributed by atoms with van der Waals surface area (Å²) in [5, 5.41) is 6.59. The van der Waals surface area contributed by atoms with Gasteiger partial charge in [0.15, 0.2) is 0 Å². The predicted molar refractivity (Wildman–Crippen MR) is 54.0 cm³/mol. The summed E-state index contributed by atoms with van der Waals surface area (Å²) in [6, 6.07) is 2.67.